The number of rotatable bonds is 3. The molecule has 0 heterocycles. The van der Waals surface area contributed by atoms with Crippen LogP contribution in [-0.2, 0) is 4.79 Å². The first-order valence-corrected chi connectivity index (χ1v) is 5.46. The summed E-state index contributed by atoms with van der Waals surface area (Å²) >= 11 is 5.93. The third-order valence-corrected chi connectivity index (χ3v) is 2.73. The van der Waals surface area contributed by atoms with Gasteiger partial charge in [-0.2, -0.15) is 5.26 Å². The van der Waals surface area contributed by atoms with Gasteiger partial charge in [-0.25, -0.2) is 0 Å². The highest BCUT2D eigenvalue weighted by atomic mass is 35.5. The van der Waals surface area contributed by atoms with Gasteiger partial charge in [0.05, 0.1) is 22.3 Å². The molecular weight excluding hydrogens is 224 g/mol. The molecule has 0 aliphatic rings. The van der Waals surface area contributed by atoms with Crippen LogP contribution < -0.4 is 5.32 Å². The molecule has 0 bridgehead atoms. The molecule has 1 rings (SSSR count). The van der Waals surface area contributed by atoms with Crippen molar-refractivity contribution in [3.8, 4) is 6.07 Å². The Morgan fingerprint density at radius 3 is 2.81 bits per heavy atom. The van der Waals surface area contributed by atoms with Crippen LogP contribution in [0.5, 0.6) is 0 Å². The number of anilines is 1. The molecule has 0 saturated carbocycles. The molecule has 0 aromatic heterocycles. The summed E-state index contributed by atoms with van der Waals surface area (Å²) in [7, 11) is 0. The van der Waals surface area contributed by atoms with E-state index in [4.69, 9.17) is 16.9 Å². The fourth-order valence-electron chi connectivity index (χ4n) is 1.13. The van der Waals surface area contributed by atoms with E-state index in [-0.39, 0.29) is 11.8 Å². The third-order valence-electron chi connectivity index (χ3n) is 2.42. The van der Waals surface area contributed by atoms with E-state index < -0.39 is 0 Å². The Balaban J connectivity index is 2.83. The number of hydrogen-bond acceptors (Lipinski definition) is 2. The normalized spacial score (nSPS) is 11.6. The zero-order chi connectivity index (χ0) is 12.1. The number of amides is 1. The van der Waals surface area contributed by atoms with E-state index >= 15 is 0 Å². The summed E-state index contributed by atoms with van der Waals surface area (Å²) in [5.74, 6) is -0.110. The van der Waals surface area contributed by atoms with Crippen LogP contribution in [-0.4, -0.2) is 5.91 Å². The summed E-state index contributed by atoms with van der Waals surface area (Å²) in [6.07, 6.45) is 0.778. The number of nitrogens with zero attached hydrogens (tertiary/aromatic N) is 1. The first-order chi connectivity index (χ1) is 7.58. The quantitative estimate of drug-likeness (QED) is 0.876. The highest BCUT2D eigenvalue weighted by Gasteiger charge is 2.12. The summed E-state index contributed by atoms with van der Waals surface area (Å²) in [6.45, 7) is 3.80. The molecule has 0 spiro atoms. The van der Waals surface area contributed by atoms with Crippen molar-refractivity contribution in [1.29, 1.82) is 5.26 Å². The number of carbonyl (C=O) groups excluding carboxylic acids is 1. The lowest BCUT2D eigenvalue weighted by atomic mass is 10.1. The highest BCUT2D eigenvalue weighted by Crippen LogP contribution is 2.23. The zero-order valence-corrected chi connectivity index (χ0v) is 10.0. The molecule has 4 heteroatoms. The standard InChI is InChI=1S/C12H13ClN2O/c1-3-8(2)12(16)15-11-5-4-9(7-14)6-10(11)13/h4-6,8H,3H2,1-2H3,(H,15,16). The average Bonchev–Trinajstić information content (AvgIpc) is 2.30. The minimum atomic E-state index is -0.0610. The predicted octanol–water partition coefficient (Wildman–Crippen LogP) is 3.20. The average molecular weight is 237 g/mol. The Morgan fingerprint density at radius 1 is 1.62 bits per heavy atom. The minimum absolute atomic E-state index is 0.0493. The van der Waals surface area contributed by atoms with Crippen LogP contribution in [0.25, 0.3) is 0 Å². The first-order valence-electron chi connectivity index (χ1n) is 5.09. The Labute approximate surface area is 100 Å². The smallest absolute Gasteiger partial charge is 0.227 e. The van der Waals surface area contributed by atoms with Gasteiger partial charge in [0.2, 0.25) is 5.91 Å². The molecule has 84 valence electrons. The van der Waals surface area contributed by atoms with Gasteiger partial charge in [-0.15, -0.1) is 0 Å². The van der Waals surface area contributed by atoms with Gasteiger partial charge >= 0.3 is 0 Å². The van der Waals surface area contributed by atoms with E-state index in [0.717, 1.165) is 6.42 Å². The maximum absolute atomic E-state index is 11.6. The van der Waals surface area contributed by atoms with Crippen molar-refractivity contribution in [2.24, 2.45) is 5.92 Å². The van der Waals surface area contributed by atoms with Gasteiger partial charge in [-0.1, -0.05) is 25.4 Å². The lowest BCUT2D eigenvalue weighted by Gasteiger charge is -2.11. The van der Waals surface area contributed by atoms with Crippen LogP contribution in [0.1, 0.15) is 25.8 Å². The molecule has 0 radical (unpaired) electrons. The van der Waals surface area contributed by atoms with Crippen LogP contribution in [0.15, 0.2) is 18.2 Å². The van der Waals surface area contributed by atoms with Crippen molar-refractivity contribution in [2.75, 3.05) is 5.32 Å². The molecule has 1 unspecified atom stereocenters. The Morgan fingerprint density at radius 2 is 2.31 bits per heavy atom. The van der Waals surface area contributed by atoms with Crippen molar-refractivity contribution in [3.63, 3.8) is 0 Å². The van der Waals surface area contributed by atoms with Crippen molar-refractivity contribution < 1.29 is 4.79 Å². The van der Waals surface area contributed by atoms with E-state index in [0.29, 0.717) is 16.3 Å². The second kappa shape index (κ2) is 5.53. The second-order valence-corrected chi connectivity index (χ2v) is 4.01. The number of benzene rings is 1. The van der Waals surface area contributed by atoms with Gasteiger partial charge in [0.1, 0.15) is 0 Å². The maximum Gasteiger partial charge on any atom is 0.227 e. The summed E-state index contributed by atoms with van der Waals surface area (Å²) in [4.78, 5) is 11.6. The topological polar surface area (TPSA) is 52.9 Å². The number of nitrogens with one attached hydrogen (secondary N) is 1. The second-order valence-electron chi connectivity index (χ2n) is 3.60. The molecule has 0 saturated heterocycles. The van der Waals surface area contributed by atoms with Crippen LogP contribution in [0.3, 0.4) is 0 Å². The minimum Gasteiger partial charge on any atom is -0.325 e. The third kappa shape index (κ3) is 2.98. The SMILES string of the molecule is CCC(C)C(=O)Nc1ccc(C#N)cc1Cl. The summed E-state index contributed by atoms with van der Waals surface area (Å²) < 4.78 is 0. The van der Waals surface area contributed by atoms with Crippen molar-refractivity contribution >= 4 is 23.2 Å². The van der Waals surface area contributed by atoms with E-state index in [1.807, 2.05) is 19.9 Å². The lowest BCUT2D eigenvalue weighted by molar-refractivity contribution is -0.119. The molecule has 0 aliphatic heterocycles. The number of nitriles is 1. The van der Waals surface area contributed by atoms with Gasteiger partial charge in [-0.3, -0.25) is 4.79 Å². The Kier molecular flexibility index (Phi) is 4.33. The molecular formula is C12H13ClN2O. The van der Waals surface area contributed by atoms with Crippen molar-refractivity contribution in [1.82, 2.24) is 0 Å². The van der Waals surface area contributed by atoms with Crippen molar-refractivity contribution in [3.05, 3.63) is 28.8 Å². The molecule has 1 atom stereocenters. The number of halogens is 1. The van der Waals surface area contributed by atoms with E-state index in [9.17, 15) is 4.79 Å². The largest absolute Gasteiger partial charge is 0.325 e. The molecule has 0 fully saturated rings. The summed E-state index contributed by atoms with van der Waals surface area (Å²) in [5, 5.41) is 11.8. The predicted molar refractivity (Wildman–Crippen MR) is 64.3 cm³/mol. The molecule has 1 aromatic carbocycles. The lowest BCUT2D eigenvalue weighted by Crippen LogP contribution is -2.19. The maximum atomic E-state index is 11.6. The summed E-state index contributed by atoms with van der Waals surface area (Å²) in [5.41, 5.74) is 1.03. The molecule has 1 aromatic rings. The Hall–Kier alpha value is -1.53. The Bertz CT molecular complexity index is 437. The van der Waals surface area contributed by atoms with Crippen LogP contribution >= 0.6 is 11.6 Å². The monoisotopic (exact) mass is 236 g/mol. The van der Waals surface area contributed by atoms with Crippen LogP contribution in [0.2, 0.25) is 5.02 Å². The molecule has 3 nitrogen and oxygen atoms in total. The van der Waals surface area contributed by atoms with Gasteiger partial charge in [-0.05, 0) is 24.6 Å². The van der Waals surface area contributed by atoms with Gasteiger partial charge in [0.25, 0.3) is 0 Å². The highest BCUT2D eigenvalue weighted by molar-refractivity contribution is 6.33. The zero-order valence-electron chi connectivity index (χ0n) is 9.25. The van der Waals surface area contributed by atoms with Crippen LogP contribution in [0, 0.1) is 17.2 Å². The van der Waals surface area contributed by atoms with E-state index in [2.05, 4.69) is 5.32 Å². The first kappa shape index (κ1) is 12.5. The summed E-state index contributed by atoms with van der Waals surface area (Å²) in [6, 6.07) is 6.78. The van der Waals surface area contributed by atoms with Crippen LogP contribution in [0.4, 0.5) is 5.69 Å². The molecule has 16 heavy (non-hydrogen) atoms. The van der Waals surface area contributed by atoms with Gasteiger partial charge in [0, 0.05) is 5.92 Å². The van der Waals surface area contributed by atoms with Crippen molar-refractivity contribution in [2.45, 2.75) is 20.3 Å². The van der Waals surface area contributed by atoms with Gasteiger partial charge < -0.3 is 5.32 Å². The van der Waals surface area contributed by atoms with Gasteiger partial charge in [0.15, 0.2) is 0 Å². The molecule has 1 amide bonds. The fraction of sp³-hybridized carbons (Fsp3) is 0.333. The van der Waals surface area contributed by atoms with E-state index in [1.54, 1.807) is 12.1 Å². The molecule has 0 aliphatic carbocycles. The molecule has 1 N–H and O–H groups in total. The number of hydrogen-bond donors (Lipinski definition) is 1. The fourth-order valence-corrected chi connectivity index (χ4v) is 1.36. The van der Waals surface area contributed by atoms with E-state index in [1.165, 1.54) is 6.07 Å². The number of carbonyl (C=O) groups is 1.